The molecule has 0 aromatic heterocycles. The zero-order valence-electron chi connectivity index (χ0n) is 10.9. The lowest BCUT2D eigenvalue weighted by molar-refractivity contribution is 0.340. The van der Waals surface area contributed by atoms with E-state index in [0.717, 1.165) is 4.47 Å². The molecule has 0 saturated carbocycles. The Hall–Kier alpha value is -1.24. The zero-order valence-corrected chi connectivity index (χ0v) is 14.1. The molecule has 2 aromatic rings. The number of nitrogens with two attached hydrogens (primary N) is 1. The highest BCUT2D eigenvalue weighted by Crippen LogP contribution is 2.25. The van der Waals surface area contributed by atoms with E-state index in [0.29, 0.717) is 11.4 Å². The van der Waals surface area contributed by atoms with E-state index >= 15 is 0 Å². The fourth-order valence-corrected chi connectivity index (χ4v) is 3.75. The second-order valence-electron chi connectivity index (χ2n) is 4.31. The number of nitrogen functional groups attached to an aromatic ring is 1. The molecule has 0 heterocycles. The van der Waals surface area contributed by atoms with E-state index in [2.05, 4.69) is 15.9 Å². The number of sulfone groups is 1. The molecule has 7 heteroatoms. The Balaban J connectivity index is 2.06. The van der Waals surface area contributed by atoms with Crippen LogP contribution in [0.3, 0.4) is 0 Å². The van der Waals surface area contributed by atoms with Crippen molar-refractivity contribution >= 4 is 43.1 Å². The van der Waals surface area contributed by atoms with Crippen molar-refractivity contribution in [1.82, 2.24) is 0 Å². The Morgan fingerprint density at radius 3 is 2.67 bits per heavy atom. The van der Waals surface area contributed by atoms with E-state index in [1.54, 1.807) is 18.2 Å². The van der Waals surface area contributed by atoms with Crippen LogP contribution in [0, 0.1) is 0 Å². The number of halogens is 2. The van der Waals surface area contributed by atoms with Crippen LogP contribution in [0.25, 0.3) is 0 Å². The van der Waals surface area contributed by atoms with Crippen LogP contribution in [0.1, 0.15) is 0 Å². The molecule has 0 aliphatic rings. The van der Waals surface area contributed by atoms with Gasteiger partial charge in [-0.1, -0.05) is 33.6 Å². The fraction of sp³-hybridized carbons (Fsp3) is 0.143. The molecule has 0 radical (unpaired) electrons. The third kappa shape index (κ3) is 4.36. The molecule has 0 spiro atoms. The molecule has 21 heavy (non-hydrogen) atoms. The minimum Gasteiger partial charge on any atom is -0.492 e. The van der Waals surface area contributed by atoms with Crippen LogP contribution in [-0.2, 0) is 9.84 Å². The molecule has 112 valence electrons. The highest BCUT2D eigenvalue weighted by Gasteiger charge is 2.18. The molecule has 0 aliphatic heterocycles. The second kappa shape index (κ2) is 6.68. The van der Waals surface area contributed by atoms with Gasteiger partial charge in [0, 0.05) is 10.2 Å². The summed E-state index contributed by atoms with van der Waals surface area (Å²) in [5, 5.41) is 0.159. The first-order valence-electron chi connectivity index (χ1n) is 6.04. The van der Waals surface area contributed by atoms with Gasteiger partial charge < -0.3 is 10.5 Å². The van der Waals surface area contributed by atoms with Gasteiger partial charge in [0.2, 0.25) is 0 Å². The topological polar surface area (TPSA) is 69.4 Å². The van der Waals surface area contributed by atoms with Crippen molar-refractivity contribution in [2.75, 3.05) is 18.1 Å². The van der Waals surface area contributed by atoms with E-state index < -0.39 is 9.84 Å². The summed E-state index contributed by atoms with van der Waals surface area (Å²) in [6.07, 6.45) is 0. The summed E-state index contributed by atoms with van der Waals surface area (Å²) >= 11 is 9.23. The average molecular weight is 391 g/mol. The molecule has 0 saturated heterocycles. The van der Waals surface area contributed by atoms with Crippen LogP contribution < -0.4 is 10.5 Å². The highest BCUT2D eigenvalue weighted by molar-refractivity contribution is 9.10. The number of benzene rings is 2. The molecule has 4 nitrogen and oxygen atoms in total. The molecule has 0 amide bonds. The zero-order chi connectivity index (χ0) is 15.5. The van der Waals surface area contributed by atoms with E-state index in [1.165, 1.54) is 12.1 Å². The summed E-state index contributed by atoms with van der Waals surface area (Å²) in [7, 11) is -3.54. The lowest BCUT2D eigenvalue weighted by atomic mass is 10.3. The van der Waals surface area contributed by atoms with Crippen molar-refractivity contribution in [3.63, 3.8) is 0 Å². The monoisotopic (exact) mass is 389 g/mol. The summed E-state index contributed by atoms with van der Waals surface area (Å²) in [6.45, 7) is 0.0317. The molecule has 2 rings (SSSR count). The quantitative estimate of drug-likeness (QED) is 0.793. The molecule has 0 bridgehead atoms. The molecule has 0 atom stereocenters. The van der Waals surface area contributed by atoms with Gasteiger partial charge in [0.25, 0.3) is 0 Å². The van der Waals surface area contributed by atoms with Crippen LogP contribution in [-0.4, -0.2) is 20.8 Å². The summed E-state index contributed by atoms with van der Waals surface area (Å²) in [5.41, 5.74) is 5.95. The van der Waals surface area contributed by atoms with Gasteiger partial charge in [-0.05, 0) is 36.4 Å². The van der Waals surface area contributed by atoms with E-state index in [1.807, 2.05) is 12.1 Å². The smallest absolute Gasteiger partial charge is 0.183 e. The Morgan fingerprint density at radius 2 is 1.95 bits per heavy atom. The Kier molecular flexibility index (Phi) is 5.13. The highest BCUT2D eigenvalue weighted by atomic mass is 79.9. The normalized spacial score (nSPS) is 11.3. The Bertz CT molecular complexity index is 750. The molecule has 0 aliphatic carbocycles. The predicted octanol–water partition coefficient (Wildman–Crippen LogP) is 3.54. The van der Waals surface area contributed by atoms with Crippen molar-refractivity contribution in [3.8, 4) is 5.75 Å². The first-order valence-corrected chi connectivity index (χ1v) is 8.87. The number of rotatable bonds is 5. The van der Waals surface area contributed by atoms with Gasteiger partial charge in [0.15, 0.2) is 9.84 Å². The molecular weight excluding hydrogens is 378 g/mol. The Labute approximate surface area is 136 Å². The molecule has 2 N–H and O–H groups in total. The Morgan fingerprint density at radius 1 is 1.19 bits per heavy atom. The fourth-order valence-electron chi connectivity index (χ4n) is 1.69. The van der Waals surface area contributed by atoms with E-state index in [9.17, 15) is 8.42 Å². The molecular formula is C14H13BrClNO3S. The maximum absolute atomic E-state index is 12.2. The van der Waals surface area contributed by atoms with Crippen LogP contribution in [0.4, 0.5) is 5.69 Å². The van der Waals surface area contributed by atoms with Gasteiger partial charge in [-0.25, -0.2) is 8.42 Å². The molecule has 0 unspecified atom stereocenters. The van der Waals surface area contributed by atoms with Crippen molar-refractivity contribution in [3.05, 3.63) is 52.0 Å². The number of ether oxygens (including phenoxy) is 1. The average Bonchev–Trinajstić information content (AvgIpc) is 2.41. The van der Waals surface area contributed by atoms with Gasteiger partial charge in [0.1, 0.15) is 12.4 Å². The van der Waals surface area contributed by atoms with Gasteiger partial charge in [-0.15, -0.1) is 0 Å². The first-order chi connectivity index (χ1) is 9.88. The SMILES string of the molecule is Nc1ccc(Cl)c(S(=O)(=O)CCOc2cccc(Br)c2)c1. The van der Waals surface area contributed by atoms with Gasteiger partial charge >= 0.3 is 0 Å². The second-order valence-corrected chi connectivity index (χ2v) is 7.72. The van der Waals surface area contributed by atoms with Gasteiger partial charge in [-0.2, -0.15) is 0 Å². The summed E-state index contributed by atoms with van der Waals surface area (Å²) in [6, 6.07) is 11.6. The predicted molar refractivity (Wildman–Crippen MR) is 87.6 cm³/mol. The van der Waals surface area contributed by atoms with E-state index in [4.69, 9.17) is 22.1 Å². The third-order valence-corrected chi connectivity index (χ3v) is 5.35. The van der Waals surface area contributed by atoms with Gasteiger partial charge in [0.05, 0.1) is 15.7 Å². The van der Waals surface area contributed by atoms with E-state index in [-0.39, 0.29) is 22.3 Å². The van der Waals surface area contributed by atoms with Crippen molar-refractivity contribution in [2.45, 2.75) is 4.90 Å². The third-order valence-electron chi connectivity index (χ3n) is 2.71. The lowest BCUT2D eigenvalue weighted by Gasteiger charge is -2.09. The molecule has 0 fully saturated rings. The number of hydrogen-bond acceptors (Lipinski definition) is 4. The molecule has 2 aromatic carbocycles. The standard InChI is InChI=1S/C14H13BrClNO3S/c15-10-2-1-3-12(8-10)20-6-7-21(18,19)14-9-11(17)4-5-13(14)16/h1-5,8-9H,6-7,17H2. The summed E-state index contributed by atoms with van der Waals surface area (Å²) in [4.78, 5) is 0.0296. The largest absolute Gasteiger partial charge is 0.492 e. The number of hydrogen-bond donors (Lipinski definition) is 1. The summed E-state index contributed by atoms with van der Waals surface area (Å²) < 4.78 is 30.8. The van der Waals surface area contributed by atoms with Crippen LogP contribution in [0.15, 0.2) is 51.8 Å². The van der Waals surface area contributed by atoms with Crippen molar-refractivity contribution in [2.24, 2.45) is 0 Å². The maximum Gasteiger partial charge on any atom is 0.183 e. The van der Waals surface area contributed by atoms with Crippen molar-refractivity contribution in [1.29, 1.82) is 0 Å². The minimum absolute atomic E-state index is 0.0296. The maximum atomic E-state index is 12.2. The summed E-state index contributed by atoms with van der Waals surface area (Å²) in [5.74, 6) is 0.418. The minimum atomic E-state index is -3.54. The lowest BCUT2D eigenvalue weighted by Crippen LogP contribution is -2.15. The number of anilines is 1. The van der Waals surface area contributed by atoms with Crippen molar-refractivity contribution < 1.29 is 13.2 Å². The van der Waals surface area contributed by atoms with Crippen LogP contribution in [0.5, 0.6) is 5.75 Å². The van der Waals surface area contributed by atoms with Crippen LogP contribution in [0.2, 0.25) is 5.02 Å². The van der Waals surface area contributed by atoms with Gasteiger partial charge in [-0.3, -0.25) is 0 Å². The first kappa shape index (κ1) is 16.1. The van der Waals surface area contributed by atoms with Crippen LogP contribution >= 0.6 is 27.5 Å².